The minimum Gasteiger partial charge on any atom is -0.399 e. The van der Waals surface area contributed by atoms with Crippen LogP contribution in [0.25, 0.3) is 5.69 Å². The first-order valence-corrected chi connectivity index (χ1v) is 8.02. The quantitative estimate of drug-likeness (QED) is 0.722. The van der Waals surface area contributed by atoms with Crippen molar-refractivity contribution in [1.82, 2.24) is 9.78 Å². The zero-order valence-corrected chi connectivity index (χ0v) is 12.4. The first kappa shape index (κ1) is 14.2. The van der Waals surface area contributed by atoms with Crippen LogP contribution in [0.1, 0.15) is 0 Å². The molecule has 3 rings (SSSR count). The third-order valence-corrected chi connectivity index (χ3v) is 4.44. The second kappa shape index (κ2) is 5.53. The summed E-state index contributed by atoms with van der Waals surface area (Å²) in [6.45, 7) is 0. The number of nitrogens with two attached hydrogens (primary N) is 1. The van der Waals surface area contributed by atoms with E-state index in [0.29, 0.717) is 11.5 Å². The van der Waals surface area contributed by atoms with Gasteiger partial charge in [0.25, 0.3) is 10.0 Å². The number of hydrogen-bond acceptors (Lipinski definition) is 4. The maximum atomic E-state index is 12.4. The average Bonchev–Trinajstić information content (AvgIpc) is 2.96. The molecular weight excluding hydrogens is 306 g/mol. The Balaban J connectivity index is 1.94. The molecule has 1 heterocycles. The highest BCUT2D eigenvalue weighted by Crippen LogP contribution is 2.19. The van der Waals surface area contributed by atoms with Gasteiger partial charge in [-0.25, -0.2) is 13.1 Å². The maximum absolute atomic E-state index is 12.4. The van der Waals surface area contributed by atoms with Crippen molar-refractivity contribution >= 4 is 21.5 Å². The van der Waals surface area contributed by atoms with E-state index in [1.807, 2.05) is 30.3 Å². The number of nitrogen functional groups attached to an aromatic ring is 1. The van der Waals surface area contributed by atoms with Gasteiger partial charge in [-0.2, -0.15) is 5.10 Å². The Morgan fingerprint density at radius 1 is 0.955 bits per heavy atom. The Morgan fingerprint density at radius 2 is 1.64 bits per heavy atom. The second-order valence-electron chi connectivity index (χ2n) is 4.64. The van der Waals surface area contributed by atoms with Gasteiger partial charge in [-0.1, -0.05) is 18.2 Å². The van der Waals surface area contributed by atoms with Crippen LogP contribution in [-0.4, -0.2) is 18.2 Å². The van der Waals surface area contributed by atoms with Gasteiger partial charge >= 0.3 is 0 Å². The van der Waals surface area contributed by atoms with Gasteiger partial charge in [-0.15, -0.1) is 0 Å². The molecule has 2 aromatic carbocycles. The summed E-state index contributed by atoms with van der Waals surface area (Å²) in [5.41, 5.74) is 6.85. The van der Waals surface area contributed by atoms with E-state index in [0.717, 1.165) is 5.69 Å². The van der Waals surface area contributed by atoms with Crippen molar-refractivity contribution in [2.45, 2.75) is 4.90 Å². The third-order valence-electron chi connectivity index (χ3n) is 3.07. The predicted molar refractivity (Wildman–Crippen MR) is 85.2 cm³/mol. The molecule has 0 unspecified atom stereocenters. The van der Waals surface area contributed by atoms with E-state index in [-0.39, 0.29) is 4.90 Å². The number of rotatable bonds is 4. The molecule has 0 radical (unpaired) electrons. The van der Waals surface area contributed by atoms with Gasteiger partial charge in [0.15, 0.2) is 0 Å². The minimum atomic E-state index is -3.70. The lowest BCUT2D eigenvalue weighted by Gasteiger charge is -2.10. The van der Waals surface area contributed by atoms with Gasteiger partial charge in [0.1, 0.15) is 5.82 Å². The number of anilines is 2. The molecule has 0 aliphatic carbocycles. The highest BCUT2D eigenvalue weighted by Gasteiger charge is 2.16. The number of nitrogens with one attached hydrogen (secondary N) is 1. The number of hydrogen-bond donors (Lipinski definition) is 2. The first-order valence-electron chi connectivity index (χ1n) is 6.54. The van der Waals surface area contributed by atoms with E-state index in [4.69, 9.17) is 5.73 Å². The summed E-state index contributed by atoms with van der Waals surface area (Å²) in [6.07, 6.45) is 1.54. The molecule has 22 heavy (non-hydrogen) atoms. The molecule has 6 nitrogen and oxygen atoms in total. The third kappa shape index (κ3) is 2.79. The molecule has 0 bridgehead atoms. The van der Waals surface area contributed by atoms with Crippen molar-refractivity contribution in [2.75, 3.05) is 10.5 Å². The molecule has 0 amide bonds. The Hall–Kier alpha value is -2.80. The van der Waals surface area contributed by atoms with Crippen molar-refractivity contribution in [3.8, 4) is 5.69 Å². The lowest BCUT2D eigenvalue weighted by molar-refractivity contribution is 0.600. The van der Waals surface area contributed by atoms with E-state index in [9.17, 15) is 8.42 Å². The molecular formula is C15H14N4O2S. The fraction of sp³-hybridized carbons (Fsp3) is 0. The van der Waals surface area contributed by atoms with Gasteiger partial charge in [-0.05, 0) is 36.4 Å². The fourth-order valence-corrected chi connectivity index (χ4v) is 3.04. The number of benzene rings is 2. The van der Waals surface area contributed by atoms with Crippen LogP contribution in [0.3, 0.4) is 0 Å². The SMILES string of the molecule is N[13c]1[13cH][13cH][13c](S(=O)(=O)Nc2ccnn2-c2ccccc2)[13cH][13cH]1. The van der Waals surface area contributed by atoms with Gasteiger partial charge < -0.3 is 5.73 Å². The van der Waals surface area contributed by atoms with Crippen molar-refractivity contribution in [3.63, 3.8) is 0 Å². The van der Waals surface area contributed by atoms with Crippen LogP contribution < -0.4 is 10.5 Å². The fourth-order valence-electron chi connectivity index (χ4n) is 2.00. The summed E-state index contributed by atoms with van der Waals surface area (Å²) in [7, 11) is -3.70. The molecule has 0 aliphatic rings. The Labute approximate surface area is 128 Å². The van der Waals surface area contributed by atoms with Gasteiger partial charge in [0.2, 0.25) is 0 Å². The lowest BCUT2D eigenvalue weighted by atomic mass is 10.3. The Bertz CT molecular complexity index is 871. The molecule has 3 N–H and O–H groups in total. The van der Waals surface area contributed by atoms with Crippen LogP contribution in [0, 0.1) is 0 Å². The molecule has 0 fully saturated rings. The molecule has 3 aromatic rings. The van der Waals surface area contributed by atoms with E-state index in [1.165, 1.54) is 23.0 Å². The second-order valence-corrected chi connectivity index (χ2v) is 6.32. The summed E-state index contributed by atoms with van der Waals surface area (Å²) in [5.74, 6) is 0.364. The first-order chi connectivity index (χ1) is 10.6. The normalized spacial score (nSPS) is 11.3. The van der Waals surface area contributed by atoms with E-state index >= 15 is 0 Å². The molecule has 1 aromatic heterocycles. The topological polar surface area (TPSA) is 90.0 Å². The summed E-state index contributed by atoms with van der Waals surface area (Å²) >= 11 is 0. The van der Waals surface area contributed by atoms with Crippen LogP contribution in [0.5, 0.6) is 0 Å². The molecule has 0 atom stereocenters. The van der Waals surface area contributed by atoms with E-state index in [1.54, 1.807) is 18.2 Å². The zero-order valence-electron chi connectivity index (χ0n) is 11.5. The van der Waals surface area contributed by atoms with E-state index < -0.39 is 10.0 Å². The minimum absolute atomic E-state index is 0.141. The average molecular weight is 320 g/mol. The van der Waals surface area contributed by atoms with Crippen molar-refractivity contribution in [1.29, 1.82) is 0 Å². The smallest absolute Gasteiger partial charge is 0.263 e. The van der Waals surface area contributed by atoms with E-state index in [2.05, 4.69) is 9.82 Å². The van der Waals surface area contributed by atoms with Crippen LogP contribution >= 0.6 is 0 Å². The summed E-state index contributed by atoms with van der Waals surface area (Å²) in [6, 6.07) is 16.9. The molecule has 0 saturated heterocycles. The molecule has 112 valence electrons. The predicted octanol–water partition coefficient (Wildman–Crippen LogP) is 2.26. The summed E-state index contributed by atoms with van der Waals surface area (Å²) in [4.78, 5) is 0.141. The highest BCUT2D eigenvalue weighted by molar-refractivity contribution is 7.92. The molecule has 0 aliphatic heterocycles. The monoisotopic (exact) mass is 320 g/mol. The van der Waals surface area contributed by atoms with Crippen LogP contribution in [0.4, 0.5) is 11.5 Å². The van der Waals surface area contributed by atoms with Crippen molar-refractivity contribution in [3.05, 3.63) is 66.9 Å². The van der Waals surface area contributed by atoms with Crippen LogP contribution in [0.15, 0.2) is 71.8 Å². The van der Waals surface area contributed by atoms with Gasteiger partial charge in [-0.3, -0.25) is 4.72 Å². The number of para-hydroxylation sites is 1. The number of sulfonamides is 1. The summed E-state index contributed by atoms with van der Waals surface area (Å²) in [5, 5.41) is 4.15. The number of aromatic nitrogens is 2. The van der Waals surface area contributed by atoms with Crippen molar-refractivity contribution < 1.29 is 8.42 Å². The van der Waals surface area contributed by atoms with Crippen LogP contribution in [0.2, 0.25) is 0 Å². The standard InChI is InChI=1S/C15H14N4O2S/c16-12-6-8-14(9-7-12)22(20,21)18-15-10-11-17-19(15)13-4-2-1-3-5-13/h1-11,18H,16H2/i6+1,7+1,8+1,9+1,12+1,14+1. The lowest BCUT2D eigenvalue weighted by Crippen LogP contribution is -2.15. The van der Waals surface area contributed by atoms with Gasteiger partial charge in [0, 0.05) is 11.8 Å². The van der Waals surface area contributed by atoms with Crippen molar-refractivity contribution in [2.24, 2.45) is 0 Å². The summed E-state index contributed by atoms with van der Waals surface area (Å²) < 4.78 is 28.9. The molecule has 0 saturated carbocycles. The highest BCUT2D eigenvalue weighted by atomic mass is 32.2. The zero-order chi connectivity index (χ0) is 15.6. The van der Waals surface area contributed by atoms with Gasteiger partial charge in [0.05, 0.1) is 16.8 Å². The molecule has 7 heteroatoms. The Morgan fingerprint density at radius 3 is 2.32 bits per heavy atom. The maximum Gasteiger partial charge on any atom is 0.263 e. The largest absolute Gasteiger partial charge is 0.399 e. The van der Waals surface area contributed by atoms with Crippen LogP contribution in [-0.2, 0) is 10.0 Å². The molecule has 0 spiro atoms. The Kier molecular flexibility index (Phi) is 3.56. The number of nitrogens with zero attached hydrogens (tertiary/aromatic N) is 2.